The minimum Gasteiger partial charge on any atom is -0.362 e. The largest absolute Gasteiger partial charge is 0.362 e. The van der Waals surface area contributed by atoms with Crippen molar-refractivity contribution >= 4 is 59.7 Å². The van der Waals surface area contributed by atoms with Gasteiger partial charge in [0.25, 0.3) is 5.91 Å². The van der Waals surface area contributed by atoms with Crippen LogP contribution in [0.2, 0.25) is 0 Å². The van der Waals surface area contributed by atoms with E-state index >= 15 is 0 Å². The van der Waals surface area contributed by atoms with E-state index in [1.54, 1.807) is 24.3 Å². The summed E-state index contributed by atoms with van der Waals surface area (Å²) in [6.45, 7) is 1.97. The molecule has 0 fully saturated rings. The van der Waals surface area contributed by atoms with Crippen molar-refractivity contribution in [1.82, 2.24) is 5.32 Å². The monoisotopic (exact) mass is 366 g/mol. The number of carbonyl (C=O) groups is 1. The van der Waals surface area contributed by atoms with Crippen LogP contribution in [0, 0.1) is 6.92 Å². The molecule has 0 saturated carbocycles. The molecule has 2 rings (SSSR count). The van der Waals surface area contributed by atoms with Crippen LogP contribution in [-0.2, 0) is 0 Å². The third kappa shape index (κ3) is 5.34. The average Bonchev–Trinajstić information content (AvgIpc) is 2.48. The third-order valence-corrected chi connectivity index (χ3v) is 3.79. The summed E-state index contributed by atoms with van der Waals surface area (Å²) in [5.74, 6) is -0.374. The molecule has 2 N–H and O–H groups in total. The van der Waals surface area contributed by atoms with E-state index in [1.165, 1.54) is 0 Å². The van der Waals surface area contributed by atoms with Gasteiger partial charge in [-0.25, -0.2) is 0 Å². The average molecular weight is 367 g/mol. The number of hydrogen-bond acceptors (Lipinski definition) is 2. The fraction of sp³-hybridized carbons (Fsp3) is 0.188. The van der Waals surface area contributed by atoms with Gasteiger partial charge >= 0.3 is 0 Å². The molecule has 1 amide bonds. The highest BCUT2D eigenvalue weighted by molar-refractivity contribution is 6.68. The standard InChI is InChI=1S/C16H14BCl3N2O/c1-10-2-8-13(9-3-10)21-15(16(18,19)20)22-14(23)11-4-6-12(17)7-5-11/h2-9,15,21H,1H3,(H,22,23). The van der Waals surface area contributed by atoms with Gasteiger partial charge in [0.15, 0.2) is 0 Å². The van der Waals surface area contributed by atoms with E-state index in [9.17, 15) is 4.79 Å². The zero-order chi connectivity index (χ0) is 17.0. The van der Waals surface area contributed by atoms with E-state index in [4.69, 9.17) is 42.6 Å². The summed E-state index contributed by atoms with van der Waals surface area (Å²) >= 11 is 17.9. The molecule has 0 aromatic heterocycles. The molecule has 1 unspecified atom stereocenters. The summed E-state index contributed by atoms with van der Waals surface area (Å²) < 4.78 is -1.73. The van der Waals surface area contributed by atoms with Crippen molar-refractivity contribution in [1.29, 1.82) is 0 Å². The molecule has 0 aliphatic rings. The lowest BCUT2D eigenvalue weighted by Crippen LogP contribution is -2.49. The third-order valence-electron chi connectivity index (χ3n) is 3.14. The molecule has 7 heteroatoms. The van der Waals surface area contributed by atoms with Crippen molar-refractivity contribution in [3.05, 3.63) is 59.7 Å². The van der Waals surface area contributed by atoms with Gasteiger partial charge in [-0.3, -0.25) is 4.79 Å². The normalized spacial score (nSPS) is 12.5. The van der Waals surface area contributed by atoms with Gasteiger partial charge in [-0.2, -0.15) is 0 Å². The minimum absolute atomic E-state index is 0.374. The van der Waals surface area contributed by atoms with Crippen LogP contribution < -0.4 is 16.1 Å². The van der Waals surface area contributed by atoms with Gasteiger partial charge in [0.1, 0.15) is 14.0 Å². The van der Waals surface area contributed by atoms with Gasteiger partial charge in [-0.1, -0.05) is 82.2 Å². The first-order chi connectivity index (χ1) is 10.8. The number of amides is 1. The van der Waals surface area contributed by atoms with Crippen molar-refractivity contribution in [3.63, 3.8) is 0 Å². The van der Waals surface area contributed by atoms with Gasteiger partial charge in [-0.15, -0.1) is 0 Å². The molecule has 0 heterocycles. The smallest absolute Gasteiger partial charge is 0.252 e. The maximum Gasteiger partial charge on any atom is 0.252 e. The quantitative estimate of drug-likeness (QED) is 0.494. The zero-order valence-corrected chi connectivity index (χ0v) is 14.6. The molecule has 3 nitrogen and oxygen atoms in total. The van der Waals surface area contributed by atoms with Gasteiger partial charge in [0.2, 0.25) is 3.79 Å². The predicted molar refractivity (Wildman–Crippen MR) is 98.2 cm³/mol. The first kappa shape index (κ1) is 18.0. The number of nitrogens with one attached hydrogen (secondary N) is 2. The number of aryl methyl sites for hydroxylation is 1. The second-order valence-electron chi connectivity index (χ2n) is 5.08. The van der Waals surface area contributed by atoms with Crippen LogP contribution in [0.1, 0.15) is 15.9 Å². The minimum atomic E-state index is -1.73. The lowest BCUT2D eigenvalue weighted by atomic mass is 9.95. The Bertz CT molecular complexity index is 669. The number of rotatable bonds is 4. The molecule has 0 aliphatic carbocycles. The first-order valence-corrected chi connectivity index (χ1v) is 7.95. The molecule has 1 atom stereocenters. The summed E-state index contributed by atoms with van der Waals surface area (Å²) in [5, 5.41) is 5.67. The van der Waals surface area contributed by atoms with Crippen LogP contribution in [0.4, 0.5) is 5.69 Å². The molecule has 23 heavy (non-hydrogen) atoms. The Morgan fingerprint density at radius 2 is 1.61 bits per heavy atom. The van der Waals surface area contributed by atoms with E-state index in [-0.39, 0.29) is 5.91 Å². The SMILES string of the molecule is [B]c1ccc(C(=O)NC(Nc2ccc(C)cc2)C(Cl)(Cl)Cl)cc1. The molecule has 0 bridgehead atoms. The Morgan fingerprint density at radius 1 is 1.04 bits per heavy atom. The fourth-order valence-electron chi connectivity index (χ4n) is 1.87. The van der Waals surface area contributed by atoms with Gasteiger partial charge in [0.05, 0.1) is 0 Å². The summed E-state index contributed by atoms with van der Waals surface area (Å²) in [4.78, 5) is 12.3. The Labute approximate surface area is 151 Å². The van der Waals surface area contributed by atoms with Gasteiger partial charge < -0.3 is 10.6 Å². The van der Waals surface area contributed by atoms with Gasteiger partial charge in [-0.05, 0) is 19.1 Å². The van der Waals surface area contributed by atoms with Crippen LogP contribution in [0.25, 0.3) is 0 Å². The van der Waals surface area contributed by atoms with Crippen LogP contribution in [0.3, 0.4) is 0 Å². The number of benzene rings is 2. The Morgan fingerprint density at radius 3 is 2.13 bits per heavy atom. The number of hydrogen-bond donors (Lipinski definition) is 2. The van der Waals surface area contributed by atoms with E-state index in [2.05, 4.69) is 10.6 Å². The van der Waals surface area contributed by atoms with Crippen molar-refractivity contribution in [2.24, 2.45) is 0 Å². The molecule has 0 aliphatic heterocycles. The molecule has 2 radical (unpaired) electrons. The first-order valence-electron chi connectivity index (χ1n) is 6.82. The van der Waals surface area contributed by atoms with Crippen molar-refractivity contribution in [2.75, 3.05) is 5.32 Å². The molecule has 118 valence electrons. The maximum absolute atomic E-state index is 12.3. The summed E-state index contributed by atoms with van der Waals surface area (Å²) in [6.07, 6.45) is -0.903. The Balaban J connectivity index is 2.14. The summed E-state index contributed by atoms with van der Waals surface area (Å²) in [5.41, 5.74) is 2.82. The second kappa shape index (κ2) is 7.48. The van der Waals surface area contributed by atoms with Gasteiger partial charge in [0, 0.05) is 11.3 Å². The van der Waals surface area contributed by atoms with E-state index in [0.717, 1.165) is 11.3 Å². The van der Waals surface area contributed by atoms with Crippen LogP contribution in [0.15, 0.2) is 48.5 Å². The molecule has 0 spiro atoms. The summed E-state index contributed by atoms with van der Waals surface area (Å²) in [6, 6.07) is 14.0. The number of anilines is 1. The van der Waals surface area contributed by atoms with Crippen molar-refractivity contribution in [2.45, 2.75) is 16.9 Å². The lowest BCUT2D eigenvalue weighted by Gasteiger charge is -2.27. The van der Waals surface area contributed by atoms with E-state index < -0.39 is 9.96 Å². The van der Waals surface area contributed by atoms with E-state index in [0.29, 0.717) is 11.0 Å². The Hall–Kier alpha value is -1.36. The molecular weight excluding hydrogens is 353 g/mol. The number of alkyl halides is 3. The topological polar surface area (TPSA) is 41.1 Å². The van der Waals surface area contributed by atoms with Crippen LogP contribution in [0.5, 0.6) is 0 Å². The zero-order valence-electron chi connectivity index (χ0n) is 12.3. The lowest BCUT2D eigenvalue weighted by molar-refractivity contribution is 0.0942. The molecule has 2 aromatic rings. The number of halogens is 3. The summed E-state index contributed by atoms with van der Waals surface area (Å²) in [7, 11) is 5.60. The molecular formula is C16H14BCl3N2O. The molecule has 2 aromatic carbocycles. The van der Waals surface area contributed by atoms with Crippen molar-refractivity contribution < 1.29 is 4.79 Å². The fourth-order valence-corrected chi connectivity index (χ4v) is 2.19. The second-order valence-corrected chi connectivity index (χ2v) is 7.45. The highest BCUT2D eigenvalue weighted by atomic mass is 35.6. The molecule has 0 saturated heterocycles. The highest BCUT2D eigenvalue weighted by Gasteiger charge is 2.34. The Kier molecular flexibility index (Phi) is 5.85. The number of carbonyl (C=O) groups excluding carboxylic acids is 1. The maximum atomic E-state index is 12.3. The van der Waals surface area contributed by atoms with Crippen LogP contribution in [-0.4, -0.2) is 23.7 Å². The highest BCUT2D eigenvalue weighted by Crippen LogP contribution is 2.31. The predicted octanol–water partition coefficient (Wildman–Crippen LogP) is 3.33. The van der Waals surface area contributed by atoms with Crippen LogP contribution >= 0.6 is 34.8 Å². The van der Waals surface area contributed by atoms with Crippen molar-refractivity contribution in [3.8, 4) is 0 Å². The van der Waals surface area contributed by atoms with E-state index in [1.807, 2.05) is 31.2 Å².